The number of nitrogens with zero attached hydrogens (tertiary/aromatic N) is 2. The van der Waals surface area contributed by atoms with Crippen LogP contribution in [0.3, 0.4) is 0 Å². The van der Waals surface area contributed by atoms with Gasteiger partial charge in [-0.3, -0.25) is 0 Å². The van der Waals surface area contributed by atoms with Gasteiger partial charge in [-0.05, 0) is 31.0 Å². The number of benzene rings is 1. The summed E-state index contributed by atoms with van der Waals surface area (Å²) in [5, 5.41) is 6.60. The highest BCUT2D eigenvalue weighted by atomic mass is 35.5. The predicted octanol–water partition coefficient (Wildman–Crippen LogP) is 4.01. The van der Waals surface area contributed by atoms with Gasteiger partial charge in [0.2, 0.25) is 0 Å². The number of rotatable bonds is 6. The monoisotopic (exact) mass is 308 g/mol. The summed E-state index contributed by atoms with van der Waals surface area (Å²) in [6, 6.07) is 4.66. The van der Waals surface area contributed by atoms with Crippen molar-refractivity contribution in [2.75, 3.05) is 17.2 Å². The summed E-state index contributed by atoms with van der Waals surface area (Å²) >= 11 is 5.77. The largest absolute Gasteiger partial charge is 0.370 e. The Bertz CT molecular complexity index is 619. The molecular formula is C15H18ClFN4. The first-order valence-electron chi connectivity index (χ1n) is 6.85. The molecule has 6 heteroatoms. The SMILES string of the molecule is CCCNc1ncnc(NCc2ccc(F)c(Cl)c2)c1C. The molecule has 2 rings (SSSR count). The molecule has 4 nitrogen and oxygen atoms in total. The van der Waals surface area contributed by atoms with Crippen LogP contribution in [0.2, 0.25) is 5.02 Å². The Morgan fingerprint density at radius 1 is 1.19 bits per heavy atom. The van der Waals surface area contributed by atoms with Gasteiger partial charge in [-0.2, -0.15) is 0 Å². The lowest BCUT2D eigenvalue weighted by molar-refractivity contribution is 0.627. The van der Waals surface area contributed by atoms with Crippen LogP contribution >= 0.6 is 11.6 Å². The average molecular weight is 309 g/mol. The van der Waals surface area contributed by atoms with E-state index < -0.39 is 5.82 Å². The molecule has 1 heterocycles. The first kappa shape index (κ1) is 15.5. The van der Waals surface area contributed by atoms with E-state index >= 15 is 0 Å². The Morgan fingerprint density at radius 3 is 2.57 bits per heavy atom. The molecule has 0 atom stereocenters. The Balaban J connectivity index is 2.07. The van der Waals surface area contributed by atoms with Crippen molar-refractivity contribution in [1.82, 2.24) is 9.97 Å². The third-order valence-electron chi connectivity index (χ3n) is 3.07. The minimum atomic E-state index is -0.412. The van der Waals surface area contributed by atoms with Crippen molar-refractivity contribution in [1.29, 1.82) is 0 Å². The molecule has 2 aromatic rings. The summed E-state index contributed by atoms with van der Waals surface area (Å²) in [6.45, 7) is 5.44. The van der Waals surface area contributed by atoms with E-state index in [-0.39, 0.29) is 5.02 Å². The fourth-order valence-corrected chi connectivity index (χ4v) is 2.09. The number of halogens is 2. The molecule has 0 aliphatic rings. The van der Waals surface area contributed by atoms with Crippen LogP contribution in [0.15, 0.2) is 24.5 Å². The lowest BCUT2D eigenvalue weighted by Crippen LogP contribution is -2.09. The molecule has 0 fully saturated rings. The van der Waals surface area contributed by atoms with Crippen molar-refractivity contribution in [3.8, 4) is 0 Å². The molecule has 1 aromatic carbocycles. The molecule has 0 spiro atoms. The van der Waals surface area contributed by atoms with E-state index in [0.717, 1.165) is 35.7 Å². The van der Waals surface area contributed by atoms with Crippen molar-refractivity contribution in [3.63, 3.8) is 0 Å². The zero-order chi connectivity index (χ0) is 15.2. The molecule has 0 saturated carbocycles. The molecule has 2 N–H and O–H groups in total. The lowest BCUT2D eigenvalue weighted by Gasteiger charge is -2.12. The van der Waals surface area contributed by atoms with E-state index in [9.17, 15) is 4.39 Å². The van der Waals surface area contributed by atoms with Crippen molar-refractivity contribution in [2.24, 2.45) is 0 Å². The van der Waals surface area contributed by atoms with E-state index in [1.165, 1.54) is 12.4 Å². The minimum Gasteiger partial charge on any atom is -0.370 e. The highest BCUT2D eigenvalue weighted by Gasteiger charge is 2.07. The molecule has 0 saturated heterocycles. The van der Waals surface area contributed by atoms with Gasteiger partial charge in [-0.1, -0.05) is 24.6 Å². The maximum Gasteiger partial charge on any atom is 0.141 e. The first-order valence-corrected chi connectivity index (χ1v) is 7.23. The maximum absolute atomic E-state index is 13.1. The van der Waals surface area contributed by atoms with E-state index in [1.807, 2.05) is 6.92 Å². The maximum atomic E-state index is 13.1. The molecule has 0 radical (unpaired) electrons. The van der Waals surface area contributed by atoms with Gasteiger partial charge >= 0.3 is 0 Å². The fraction of sp³-hybridized carbons (Fsp3) is 0.333. The Labute approximate surface area is 128 Å². The second-order valence-corrected chi connectivity index (χ2v) is 5.13. The summed E-state index contributed by atoms with van der Waals surface area (Å²) < 4.78 is 13.1. The van der Waals surface area contributed by atoms with Gasteiger partial charge in [0.25, 0.3) is 0 Å². The van der Waals surface area contributed by atoms with Gasteiger partial charge in [0.1, 0.15) is 23.8 Å². The molecule has 0 bridgehead atoms. The molecule has 1 aromatic heterocycles. The summed E-state index contributed by atoms with van der Waals surface area (Å²) in [5.74, 6) is 1.17. The van der Waals surface area contributed by atoms with Gasteiger partial charge in [0.05, 0.1) is 5.02 Å². The third kappa shape index (κ3) is 4.04. The first-order chi connectivity index (χ1) is 10.1. The average Bonchev–Trinajstić information content (AvgIpc) is 2.48. The van der Waals surface area contributed by atoms with Crippen molar-refractivity contribution in [3.05, 3.63) is 46.5 Å². The normalized spacial score (nSPS) is 10.5. The molecule has 21 heavy (non-hydrogen) atoms. The second kappa shape index (κ2) is 7.22. The van der Waals surface area contributed by atoms with Crippen LogP contribution in [0.25, 0.3) is 0 Å². The fourth-order valence-electron chi connectivity index (χ4n) is 1.89. The second-order valence-electron chi connectivity index (χ2n) is 4.72. The Morgan fingerprint density at radius 2 is 1.90 bits per heavy atom. The summed E-state index contributed by atoms with van der Waals surface area (Å²) in [7, 11) is 0. The molecular weight excluding hydrogens is 291 g/mol. The van der Waals surface area contributed by atoms with Crippen molar-refractivity contribution < 1.29 is 4.39 Å². The summed E-state index contributed by atoms with van der Waals surface area (Å²) in [6.07, 6.45) is 2.55. The molecule has 0 aliphatic carbocycles. The molecule has 0 amide bonds. The third-order valence-corrected chi connectivity index (χ3v) is 3.36. The van der Waals surface area contributed by atoms with Crippen LogP contribution in [-0.2, 0) is 6.54 Å². The van der Waals surface area contributed by atoms with Crippen LogP contribution < -0.4 is 10.6 Å². The van der Waals surface area contributed by atoms with Gasteiger partial charge < -0.3 is 10.6 Å². The Hall–Kier alpha value is -1.88. The lowest BCUT2D eigenvalue weighted by atomic mass is 10.2. The summed E-state index contributed by atoms with van der Waals surface area (Å²) in [5.41, 5.74) is 1.85. The van der Waals surface area contributed by atoms with E-state index in [4.69, 9.17) is 11.6 Å². The predicted molar refractivity (Wildman–Crippen MR) is 84.3 cm³/mol. The smallest absolute Gasteiger partial charge is 0.141 e. The zero-order valence-electron chi connectivity index (χ0n) is 12.1. The molecule has 0 unspecified atom stereocenters. The number of anilines is 2. The van der Waals surface area contributed by atoms with Crippen LogP contribution in [0, 0.1) is 12.7 Å². The van der Waals surface area contributed by atoms with E-state index in [1.54, 1.807) is 12.1 Å². The van der Waals surface area contributed by atoms with E-state index in [0.29, 0.717) is 6.54 Å². The standard InChI is InChI=1S/C15H18ClFN4/c1-3-6-18-14-10(2)15(21-9-20-14)19-8-11-4-5-13(17)12(16)7-11/h4-5,7,9H,3,6,8H2,1-2H3,(H2,18,19,20,21). The highest BCUT2D eigenvalue weighted by Crippen LogP contribution is 2.20. The molecule has 0 aliphatic heterocycles. The zero-order valence-corrected chi connectivity index (χ0v) is 12.8. The van der Waals surface area contributed by atoms with Gasteiger partial charge in [0, 0.05) is 18.7 Å². The summed E-state index contributed by atoms with van der Waals surface area (Å²) in [4.78, 5) is 8.46. The van der Waals surface area contributed by atoms with Gasteiger partial charge in [0.15, 0.2) is 0 Å². The number of aromatic nitrogens is 2. The van der Waals surface area contributed by atoms with Crippen LogP contribution in [0.5, 0.6) is 0 Å². The van der Waals surface area contributed by atoms with Crippen molar-refractivity contribution in [2.45, 2.75) is 26.8 Å². The molecule has 112 valence electrons. The van der Waals surface area contributed by atoms with Crippen molar-refractivity contribution >= 4 is 23.2 Å². The van der Waals surface area contributed by atoms with Crippen LogP contribution in [-0.4, -0.2) is 16.5 Å². The van der Waals surface area contributed by atoms with E-state index in [2.05, 4.69) is 27.5 Å². The quantitative estimate of drug-likeness (QED) is 0.846. The number of nitrogens with one attached hydrogen (secondary N) is 2. The minimum absolute atomic E-state index is 0.124. The van der Waals surface area contributed by atoms with Crippen LogP contribution in [0.4, 0.5) is 16.0 Å². The number of hydrogen-bond acceptors (Lipinski definition) is 4. The topological polar surface area (TPSA) is 49.8 Å². The Kier molecular flexibility index (Phi) is 5.33. The number of hydrogen-bond donors (Lipinski definition) is 2. The van der Waals surface area contributed by atoms with Gasteiger partial charge in [-0.25, -0.2) is 14.4 Å². The van der Waals surface area contributed by atoms with Gasteiger partial charge in [-0.15, -0.1) is 0 Å². The van der Waals surface area contributed by atoms with Crippen LogP contribution in [0.1, 0.15) is 24.5 Å². The highest BCUT2D eigenvalue weighted by molar-refractivity contribution is 6.30.